The van der Waals surface area contributed by atoms with Gasteiger partial charge in [0.2, 0.25) is 0 Å². The molecule has 5 nitrogen and oxygen atoms in total. The van der Waals surface area contributed by atoms with E-state index >= 15 is 0 Å². The van der Waals surface area contributed by atoms with Crippen LogP contribution >= 0.6 is 11.6 Å². The number of fused-ring (bicyclic) bond motifs is 3. The minimum absolute atomic E-state index is 0.261. The van der Waals surface area contributed by atoms with Gasteiger partial charge in [-0.05, 0) is 74.9 Å². The number of methoxy groups -OCH3 is 1. The van der Waals surface area contributed by atoms with Crippen molar-refractivity contribution in [1.82, 2.24) is 14.9 Å². The Morgan fingerprint density at radius 1 is 1.18 bits per heavy atom. The summed E-state index contributed by atoms with van der Waals surface area (Å²) >= 11 is 6.32. The SMILES string of the molecule is COc1ccc(Cl)c2[nH]c(CCCN(C)CC[C@]3(O)C[C@H]4CC[C@@H]3C=C4c3ccccc3)nc12. The number of aromatic nitrogens is 2. The van der Waals surface area contributed by atoms with Crippen molar-refractivity contribution in [2.45, 2.75) is 44.1 Å². The summed E-state index contributed by atoms with van der Waals surface area (Å²) in [5, 5.41) is 12.2. The van der Waals surface area contributed by atoms with Crippen molar-refractivity contribution in [3.05, 3.63) is 65.0 Å². The number of aliphatic hydroxyl groups is 1. The van der Waals surface area contributed by atoms with Gasteiger partial charge in [-0.1, -0.05) is 48.0 Å². The molecule has 3 aliphatic rings. The molecule has 180 valence electrons. The van der Waals surface area contributed by atoms with Crippen LogP contribution in [0.15, 0.2) is 48.5 Å². The molecule has 1 aromatic heterocycles. The van der Waals surface area contributed by atoms with Gasteiger partial charge in [0, 0.05) is 18.9 Å². The van der Waals surface area contributed by atoms with E-state index in [0.717, 1.165) is 67.8 Å². The van der Waals surface area contributed by atoms with Crippen LogP contribution in [0.2, 0.25) is 5.02 Å². The number of hydrogen-bond acceptors (Lipinski definition) is 4. The van der Waals surface area contributed by atoms with Gasteiger partial charge in [-0.15, -0.1) is 0 Å². The summed E-state index contributed by atoms with van der Waals surface area (Å²) in [5.41, 5.74) is 3.80. The first-order chi connectivity index (χ1) is 16.5. The molecule has 0 spiro atoms. The number of nitrogens with zero attached hydrogens (tertiary/aromatic N) is 2. The quantitative estimate of drug-likeness (QED) is 0.411. The summed E-state index contributed by atoms with van der Waals surface area (Å²) in [5.74, 6) is 2.39. The van der Waals surface area contributed by atoms with Crippen LogP contribution in [0, 0.1) is 11.8 Å². The first kappa shape index (κ1) is 23.4. The molecule has 0 unspecified atom stereocenters. The van der Waals surface area contributed by atoms with Crippen molar-refractivity contribution in [3.8, 4) is 5.75 Å². The van der Waals surface area contributed by atoms with E-state index in [4.69, 9.17) is 21.3 Å². The van der Waals surface area contributed by atoms with E-state index in [2.05, 4.69) is 53.3 Å². The van der Waals surface area contributed by atoms with Crippen molar-refractivity contribution in [2.24, 2.45) is 11.8 Å². The highest BCUT2D eigenvalue weighted by Crippen LogP contribution is 2.51. The molecule has 2 aromatic carbocycles. The summed E-state index contributed by atoms with van der Waals surface area (Å²) in [6, 6.07) is 14.4. The maximum atomic E-state index is 11.5. The second-order valence-corrected chi connectivity index (χ2v) is 10.4. The molecule has 3 atom stereocenters. The van der Waals surface area contributed by atoms with E-state index in [1.807, 2.05) is 12.1 Å². The summed E-state index contributed by atoms with van der Waals surface area (Å²) < 4.78 is 5.41. The molecule has 34 heavy (non-hydrogen) atoms. The number of halogens is 1. The largest absolute Gasteiger partial charge is 0.494 e. The number of H-pyrrole nitrogens is 1. The highest BCUT2D eigenvalue weighted by Gasteiger charge is 2.46. The zero-order valence-corrected chi connectivity index (χ0v) is 20.8. The minimum atomic E-state index is -0.582. The molecule has 0 aliphatic heterocycles. The summed E-state index contributed by atoms with van der Waals surface area (Å²) in [6.07, 6.45) is 8.19. The average Bonchev–Trinajstić information content (AvgIpc) is 3.29. The topological polar surface area (TPSA) is 61.4 Å². The second kappa shape index (κ2) is 9.73. The molecule has 0 amide bonds. The lowest BCUT2D eigenvalue weighted by Crippen LogP contribution is -2.48. The fourth-order valence-electron chi connectivity index (χ4n) is 5.82. The van der Waals surface area contributed by atoms with Gasteiger partial charge in [-0.25, -0.2) is 4.98 Å². The third-order valence-corrected chi connectivity index (χ3v) is 8.06. The summed E-state index contributed by atoms with van der Waals surface area (Å²) in [6.45, 7) is 1.85. The molecular weight excluding hydrogens is 446 g/mol. The molecule has 1 heterocycles. The molecule has 6 heteroatoms. The molecule has 2 bridgehead atoms. The number of nitrogens with one attached hydrogen (secondary N) is 1. The first-order valence-corrected chi connectivity index (χ1v) is 12.7. The fraction of sp³-hybridized carbons (Fsp3) is 0.464. The van der Waals surface area contributed by atoms with Gasteiger partial charge >= 0.3 is 0 Å². The number of aryl methyl sites for hydroxylation is 1. The lowest BCUT2D eigenvalue weighted by Gasteiger charge is -2.48. The molecule has 3 aromatic rings. The predicted octanol–water partition coefficient (Wildman–Crippen LogP) is 5.72. The number of benzene rings is 2. The van der Waals surface area contributed by atoms with Gasteiger partial charge in [0.15, 0.2) is 0 Å². The Hall–Kier alpha value is -2.34. The van der Waals surface area contributed by atoms with Crippen molar-refractivity contribution in [3.63, 3.8) is 0 Å². The van der Waals surface area contributed by atoms with E-state index in [0.29, 0.717) is 10.9 Å². The molecule has 1 fully saturated rings. The number of imidazole rings is 1. The Kier molecular flexibility index (Phi) is 6.70. The third kappa shape index (κ3) is 4.61. The van der Waals surface area contributed by atoms with Crippen LogP contribution in [0.25, 0.3) is 16.6 Å². The Morgan fingerprint density at radius 3 is 2.74 bits per heavy atom. The van der Waals surface area contributed by atoms with Gasteiger partial charge in [-0.2, -0.15) is 0 Å². The van der Waals surface area contributed by atoms with Crippen LogP contribution in [0.3, 0.4) is 0 Å². The summed E-state index contributed by atoms with van der Waals surface area (Å²) in [7, 11) is 3.80. The average molecular weight is 480 g/mol. The highest BCUT2D eigenvalue weighted by atomic mass is 35.5. The molecule has 3 aliphatic carbocycles. The van der Waals surface area contributed by atoms with E-state index < -0.39 is 5.60 Å². The molecule has 0 saturated heterocycles. The van der Waals surface area contributed by atoms with E-state index in [1.54, 1.807) is 7.11 Å². The Morgan fingerprint density at radius 2 is 2.00 bits per heavy atom. The lowest BCUT2D eigenvalue weighted by atomic mass is 9.61. The van der Waals surface area contributed by atoms with Crippen LogP contribution < -0.4 is 4.74 Å². The van der Waals surface area contributed by atoms with Gasteiger partial charge in [-0.3, -0.25) is 0 Å². The monoisotopic (exact) mass is 479 g/mol. The van der Waals surface area contributed by atoms with Crippen LogP contribution in [0.1, 0.15) is 43.5 Å². The minimum Gasteiger partial charge on any atom is -0.494 e. The Bertz CT molecular complexity index is 1180. The molecule has 1 saturated carbocycles. The van der Waals surface area contributed by atoms with E-state index in [1.165, 1.54) is 17.6 Å². The Balaban J connectivity index is 1.14. The van der Waals surface area contributed by atoms with E-state index in [-0.39, 0.29) is 5.92 Å². The maximum Gasteiger partial charge on any atom is 0.146 e. The number of ether oxygens (including phenoxy) is 1. The van der Waals surface area contributed by atoms with Crippen LogP contribution in [0.5, 0.6) is 5.75 Å². The molecule has 0 radical (unpaired) electrons. The number of hydrogen-bond donors (Lipinski definition) is 2. The smallest absolute Gasteiger partial charge is 0.146 e. The highest BCUT2D eigenvalue weighted by molar-refractivity contribution is 6.35. The lowest BCUT2D eigenvalue weighted by molar-refractivity contribution is -0.0574. The van der Waals surface area contributed by atoms with Crippen LogP contribution in [-0.4, -0.2) is 52.8 Å². The van der Waals surface area contributed by atoms with Crippen molar-refractivity contribution in [1.29, 1.82) is 0 Å². The van der Waals surface area contributed by atoms with Crippen molar-refractivity contribution < 1.29 is 9.84 Å². The number of allylic oxidation sites excluding steroid dienone is 1. The number of aromatic amines is 1. The van der Waals surface area contributed by atoms with E-state index in [9.17, 15) is 5.11 Å². The molecule has 2 N–H and O–H groups in total. The zero-order valence-electron chi connectivity index (χ0n) is 20.1. The molecular formula is C28H34ClN3O2. The van der Waals surface area contributed by atoms with Gasteiger partial charge in [0.1, 0.15) is 17.1 Å². The molecule has 6 rings (SSSR count). The second-order valence-electron chi connectivity index (χ2n) is 9.99. The standard InChI is InChI=1S/C28H34ClN3O2/c1-32(15-6-9-25-30-26-23(29)12-13-24(34-2)27(26)31-25)16-14-28(33)18-20-10-11-21(28)17-22(20)19-7-4-3-5-8-19/h3-5,7-8,12-13,17,20-21,33H,6,9-11,14-16,18H2,1-2H3,(H,30,31)/t20-,21-,28+/m1/s1. The van der Waals surface area contributed by atoms with Gasteiger partial charge in [0.25, 0.3) is 0 Å². The number of rotatable bonds is 9. The Labute approximate surface area is 206 Å². The van der Waals surface area contributed by atoms with Crippen LogP contribution in [-0.2, 0) is 6.42 Å². The summed E-state index contributed by atoms with van der Waals surface area (Å²) in [4.78, 5) is 10.4. The van der Waals surface area contributed by atoms with Gasteiger partial charge in [0.05, 0.1) is 23.3 Å². The first-order valence-electron chi connectivity index (χ1n) is 12.4. The van der Waals surface area contributed by atoms with Crippen molar-refractivity contribution >= 4 is 28.2 Å². The van der Waals surface area contributed by atoms with Crippen molar-refractivity contribution in [2.75, 3.05) is 27.2 Å². The predicted molar refractivity (Wildman–Crippen MR) is 138 cm³/mol. The fourth-order valence-corrected chi connectivity index (χ4v) is 6.02. The van der Waals surface area contributed by atoms with Crippen LogP contribution in [0.4, 0.5) is 0 Å². The normalized spacial score (nSPS) is 24.1. The van der Waals surface area contributed by atoms with Gasteiger partial charge < -0.3 is 19.7 Å². The maximum absolute atomic E-state index is 11.5. The zero-order chi connectivity index (χ0) is 23.7. The third-order valence-electron chi connectivity index (χ3n) is 7.75.